The van der Waals surface area contributed by atoms with Crippen LogP contribution in [0.2, 0.25) is 5.02 Å². The molecule has 1 atom stereocenters. The molecule has 2 N–H and O–H groups in total. The Labute approximate surface area is 124 Å². The van der Waals surface area contributed by atoms with Crippen LogP contribution in [0.1, 0.15) is 6.42 Å². The van der Waals surface area contributed by atoms with Crippen molar-refractivity contribution in [1.82, 2.24) is 10.6 Å². The molecule has 106 valence electrons. The van der Waals surface area contributed by atoms with E-state index >= 15 is 0 Å². The number of rotatable bonds is 5. The molecule has 1 aliphatic rings. The summed E-state index contributed by atoms with van der Waals surface area (Å²) in [5.74, 6) is 1.06. The molecule has 0 aliphatic carbocycles. The van der Waals surface area contributed by atoms with Crippen LogP contribution < -0.4 is 15.4 Å². The standard InChI is InChI=1S/C13H17ClN2O2.ClH/c14-11-2-1-3-12(6-11)18-9-13(17)16-8-10-4-5-15-7-10;/h1-3,6,10,15H,4-5,7-9H2,(H,16,17);1H. The van der Waals surface area contributed by atoms with Gasteiger partial charge in [0.1, 0.15) is 5.75 Å². The number of hydrogen-bond donors (Lipinski definition) is 2. The van der Waals surface area contributed by atoms with Gasteiger partial charge in [-0.15, -0.1) is 12.4 Å². The molecular weight excluding hydrogens is 287 g/mol. The first kappa shape index (κ1) is 16.1. The quantitative estimate of drug-likeness (QED) is 0.873. The lowest BCUT2D eigenvalue weighted by Gasteiger charge is -2.10. The fraction of sp³-hybridized carbons (Fsp3) is 0.462. The Bertz CT molecular complexity index is 409. The molecule has 0 radical (unpaired) electrons. The van der Waals surface area contributed by atoms with Crippen molar-refractivity contribution in [1.29, 1.82) is 0 Å². The molecule has 1 aromatic carbocycles. The minimum atomic E-state index is -0.0955. The maximum Gasteiger partial charge on any atom is 0.257 e. The van der Waals surface area contributed by atoms with E-state index in [4.69, 9.17) is 16.3 Å². The molecule has 1 unspecified atom stereocenters. The van der Waals surface area contributed by atoms with Crippen LogP contribution in [0.25, 0.3) is 0 Å². The molecule has 1 aromatic rings. The second kappa shape index (κ2) is 8.25. The number of ether oxygens (including phenoxy) is 1. The lowest BCUT2D eigenvalue weighted by atomic mass is 10.1. The van der Waals surface area contributed by atoms with Crippen molar-refractivity contribution in [2.24, 2.45) is 5.92 Å². The Kier molecular flexibility index (Phi) is 6.99. The lowest BCUT2D eigenvalue weighted by Crippen LogP contribution is -2.33. The van der Waals surface area contributed by atoms with E-state index in [0.29, 0.717) is 23.2 Å². The van der Waals surface area contributed by atoms with Gasteiger partial charge in [-0.1, -0.05) is 17.7 Å². The maximum atomic E-state index is 11.6. The fourth-order valence-corrected chi connectivity index (χ4v) is 2.08. The van der Waals surface area contributed by atoms with E-state index in [1.807, 2.05) is 0 Å². The van der Waals surface area contributed by atoms with Crippen LogP contribution in [0.5, 0.6) is 5.75 Å². The topological polar surface area (TPSA) is 50.4 Å². The van der Waals surface area contributed by atoms with Gasteiger partial charge in [0.25, 0.3) is 5.91 Å². The first-order chi connectivity index (χ1) is 8.74. The van der Waals surface area contributed by atoms with E-state index in [1.54, 1.807) is 24.3 Å². The van der Waals surface area contributed by atoms with Crippen LogP contribution in [0, 0.1) is 5.92 Å². The number of hydrogen-bond acceptors (Lipinski definition) is 3. The van der Waals surface area contributed by atoms with Gasteiger partial charge in [0, 0.05) is 11.6 Å². The van der Waals surface area contributed by atoms with Gasteiger partial charge in [-0.3, -0.25) is 4.79 Å². The van der Waals surface area contributed by atoms with E-state index in [-0.39, 0.29) is 24.9 Å². The highest BCUT2D eigenvalue weighted by Gasteiger charge is 2.15. The van der Waals surface area contributed by atoms with E-state index in [2.05, 4.69) is 10.6 Å². The third-order valence-electron chi connectivity index (χ3n) is 2.92. The number of benzene rings is 1. The minimum absolute atomic E-state index is 0. The van der Waals surface area contributed by atoms with E-state index in [9.17, 15) is 4.79 Å². The van der Waals surface area contributed by atoms with Gasteiger partial charge in [-0.05, 0) is 43.6 Å². The van der Waals surface area contributed by atoms with Crippen molar-refractivity contribution in [2.75, 3.05) is 26.2 Å². The number of halogens is 2. The van der Waals surface area contributed by atoms with Gasteiger partial charge in [0.15, 0.2) is 6.61 Å². The zero-order valence-electron chi connectivity index (χ0n) is 10.5. The zero-order chi connectivity index (χ0) is 12.8. The highest BCUT2D eigenvalue weighted by Crippen LogP contribution is 2.16. The summed E-state index contributed by atoms with van der Waals surface area (Å²) in [5.41, 5.74) is 0. The summed E-state index contributed by atoms with van der Waals surface area (Å²) in [5, 5.41) is 6.74. The van der Waals surface area contributed by atoms with Crippen LogP contribution in [-0.4, -0.2) is 32.1 Å². The molecule has 1 fully saturated rings. The molecule has 4 nitrogen and oxygen atoms in total. The highest BCUT2D eigenvalue weighted by molar-refractivity contribution is 6.30. The molecule has 1 amide bonds. The first-order valence-corrected chi connectivity index (χ1v) is 6.47. The third kappa shape index (κ3) is 5.68. The van der Waals surface area contributed by atoms with Crippen molar-refractivity contribution in [3.8, 4) is 5.75 Å². The molecule has 1 heterocycles. The summed E-state index contributed by atoms with van der Waals surface area (Å²) in [7, 11) is 0. The van der Waals surface area contributed by atoms with Crippen molar-refractivity contribution < 1.29 is 9.53 Å². The SMILES string of the molecule is Cl.O=C(COc1cccc(Cl)c1)NCC1CCNC1. The van der Waals surface area contributed by atoms with Crippen molar-refractivity contribution in [3.63, 3.8) is 0 Å². The Morgan fingerprint density at radius 2 is 2.37 bits per heavy atom. The molecule has 1 saturated heterocycles. The average molecular weight is 305 g/mol. The van der Waals surface area contributed by atoms with E-state index in [1.165, 1.54) is 0 Å². The molecular formula is C13H18Cl2N2O2. The Balaban J connectivity index is 0.00000180. The van der Waals surface area contributed by atoms with Crippen molar-refractivity contribution in [2.45, 2.75) is 6.42 Å². The van der Waals surface area contributed by atoms with Crippen LogP contribution in [0.3, 0.4) is 0 Å². The van der Waals surface area contributed by atoms with Gasteiger partial charge in [-0.2, -0.15) is 0 Å². The van der Waals surface area contributed by atoms with Gasteiger partial charge in [-0.25, -0.2) is 0 Å². The minimum Gasteiger partial charge on any atom is -0.484 e. The van der Waals surface area contributed by atoms with Crippen LogP contribution in [0.15, 0.2) is 24.3 Å². The second-order valence-electron chi connectivity index (χ2n) is 4.41. The van der Waals surface area contributed by atoms with Gasteiger partial charge in [0.05, 0.1) is 0 Å². The number of carbonyl (C=O) groups excluding carboxylic acids is 1. The Morgan fingerprint density at radius 1 is 1.53 bits per heavy atom. The molecule has 2 rings (SSSR count). The summed E-state index contributed by atoms with van der Waals surface area (Å²) in [6.45, 7) is 2.76. The number of nitrogens with one attached hydrogen (secondary N) is 2. The van der Waals surface area contributed by atoms with Crippen molar-refractivity contribution in [3.05, 3.63) is 29.3 Å². The summed E-state index contributed by atoms with van der Waals surface area (Å²) >= 11 is 5.82. The van der Waals surface area contributed by atoms with Crippen LogP contribution in [-0.2, 0) is 4.79 Å². The van der Waals surface area contributed by atoms with E-state index in [0.717, 1.165) is 19.5 Å². The molecule has 6 heteroatoms. The smallest absolute Gasteiger partial charge is 0.257 e. The summed E-state index contributed by atoms with van der Waals surface area (Å²) < 4.78 is 5.35. The second-order valence-corrected chi connectivity index (χ2v) is 4.85. The normalized spacial score (nSPS) is 17.6. The molecule has 19 heavy (non-hydrogen) atoms. The Hall–Kier alpha value is -0.970. The zero-order valence-corrected chi connectivity index (χ0v) is 12.1. The van der Waals surface area contributed by atoms with Gasteiger partial charge in [0.2, 0.25) is 0 Å². The molecule has 0 aromatic heterocycles. The lowest BCUT2D eigenvalue weighted by molar-refractivity contribution is -0.123. The summed E-state index contributed by atoms with van der Waals surface area (Å²) in [4.78, 5) is 11.6. The molecule has 1 aliphatic heterocycles. The van der Waals surface area contributed by atoms with Crippen LogP contribution >= 0.6 is 24.0 Å². The van der Waals surface area contributed by atoms with Gasteiger partial charge < -0.3 is 15.4 Å². The van der Waals surface area contributed by atoms with Crippen LogP contribution in [0.4, 0.5) is 0 Å². The summed E-state index contributed by atoms with van der Waals surface area (Å²) in [6.07, 6.45) is 1.12. The molecule has 0 saturated carbocycles. The monoisotopic (exact) mass is 304 g/mol. The fourth-order valence-electron chi connectivity index (χ4n) is 1.90. The first-order valence-electron chi connectivity index (χ1n) is 6.10. The third-order valence-corrected chi connectivity index (χ3v) is 3.15. The van der Waals surface area contributed by atoms with Gasteiger partial charge >= 0.3 is 0 Å². The van der Waals surface area contributed by atoms with Crippen molar-refractivity contribution >= 4 is 29.9 Å². The average Bonchev–Trinajstić information content (AvgIpc) is 2.87. The summed E-state index contributed by atoms with van der Waals surface area (Å²) in [6, 6.07) is 7.02. The highest BCUT2D eigenvalue weighted by atomic mass is 35.5. The molecule has 0 spiro atoms. The number of amides is 1. The van der Waals surface area contributed by atoms with E-state index < -0.39 is 0 Å². The number of carbonyl (C=O) groups is 1. The maximum absolute atomic E-state index is 11.6. The largest absolute Gasteiger partial charge is 0.484 e. The predicted octanol–water partition coefficient (Wildman–Crippen LogP) is 1.87. The predicted molar refractivity (Wildman–Crippen MR) is 78.2 cm³/mol. The Morgan fingerprint density at radius 3 is 3.05 bits per heavy atom. The molecule has 0 bridgehead atoms.